The smallest absolute Gasteiger partial charge is 0.177 e. The molecule has 1 aromatic rings. The number of carbonyl (C=O) groups excluding carboxylic acids is 2. The zero-order valence-electron chi connectivity index (χ0n) is 8.29. The lowest BCUT2D eigenvalue weighted by molar-refractivity contribution is -0.119. The monoisotopic (exact) mass is 192 g/mol. The van der Waals surface area contributed by atoms with Gasteiger partial charge in [0.15, 0.2) is 5.78 Å². The summed E-state index contributed by atoms with van der Waals surface area (Å²) in [6.07, 6.45) is 2.87. The maximum atomic E-state index is 11.9. The fraction of sp³-hybridized carbons (Fsp3) is 0.455. The van der Waals surface area contributed by atoms with Crippen LogP contribution >= 0.6 is 0 Å². The van der Waals surface area contributed by atoms with Gasteiger partial charge >= 0.3 is 0 Å². The minimum absolute atomic E-state index is 0.0405. The standard InChI is InChI=1S/C11H12O3/c1-6-5-14-9-4-3-8(7(2)12)11(13)10(6)9/h5,8H,3-4H2,1-2H3. The number of furan rings is 1. The highest BCUT2D eigenvalue weighted by atomic mass is 16.3. The van der Waals surface area contributed by atoms with Crippen LogP contribution in [0, 0.1) is 12.8 Å². The molecule has 1 atom stereocenters. The van der Waals surface area contributed by atoms with Gasteiger partial charge in [-0.2, -0.15) is 0 Å². The SMILES string of the molecule is CC(=O)C1CCc2occ(C)c2C1=O. The summed E-state index contributed by atoms with van der Waals surface area (Å²) in [6.45, 7) is 3.31. The summed E-state index contributed by atoms with van der Waals surface area (Å²) in [6, 6.07) is 0. The van der Waals surface area contributed by atoms with E-state index in [2.05, 4.69) is 0 Å². The van der Waals surface area contributed by atoms with Crippen molar-refractivity contribution in [2.75, 3.05) is 0 Å². The van der Waals surface area contributed by atoms with Gasteiger partial charge in [0.25, 0.3) is 0 Å². The summed E-state index contributed by atoms with van der Waals surface area (Å²) in [5, 5.41) is 0. The fourth-order valence-corrected chi connectivity index (χ4v) is 1.98. The minimum Gasteiger partial charge on any atom is -0.468 e. The molecule has 3 heteroatoms. The highest BCUT2D eigenvalue weighted by molar-refractivity contribution is 6.12. The Bertz CT molecular complexity index is 401. The van der Waals surface area contributed by atoms with Gasteiger partial charge in [0.2, 0.25) is 0 Å². The first-order valence-corrected chi connectivity index (χ1v) is 4.73. The van der Waals surface area contributed by atoms with Crippen LogP contribution in [0.25, 0.3) is 0 Å². The number of rotatable bonds is 1. The van der Waals surface area contributed by atoms with Crippen molar-refractivity contribution >= 4 is 11.6 Å². The van der Waals surface area contributed by atoms with Crippen molar-refractivity contribution in [2.45, 2.75) is 26.7 Å². The van der Waals surface area contributed by atoms with E-state index in [4.69, 9.17) is 4.42 Å². The van der Waals surface area contributed by atoms with Gasteiger partial charge in [0.1, 0.15) is 11.5 Å². The molecule has 74 valence electrons. The van der Waals surface area contributed by atoms with Gasteiger partial charge in [-0.3, -0.25) is 9.59 Å². The molecule has 14 heavy (non-hydrogen) atoms. The molecule has 0 N–H and O–H groups in total. The molecular weight excluding hydrogens is 180 g/mol. The Kier molecular flexibility index (Phi) is 2.02. The van der Waals surface area contributed by atoms with Crippen molar-refractivity contribution < 1.29 is 14.0 Å². The van der Waals surface area contributed by atoms with Crippen LogP contribution in [-0.4, -0.2) is 11.6 Å². The molecular formula is C11H12O3. The van der Waals surface area contributed by atoms with Gasteiger partial charge in [0, 0.05) is 6.42 Å². The topological polar surface area (TPSA) is 47.3 Å². The molecule has 0 aliphatic heterocycles. The predicted molar refractivity (Wildman–Crippen MR) is 50.3 cm³/mol. The summed E-state index contributed by atoms with van der Waals surface area (Å²) in [4.78, 5) is 23.1. The van der Waals surface area contributed by atoms with Crippen molar-refractivity contribution in [2.24, 2.45) is 5.92 Å². The first kappa shape index (κ1) is 9.19. The zero-order valence-corrected chi connectivity index (χ0v) is 8.29. The van der Waals surface area contributed by atoms with Gasteiger partial charge in [-0.15, -0.1) is 0 Å². The van der Waals surface area contributed by atoms with Crippen molar-refractivity contribution in [3.05, 3.63) is 23.2 Å². The van der Waals surface area contributed by atoms with Gasteiger partial charge in [0.05, 0.1) is 17.7 Å². The Labute approximate surface area is 82.1 Å². The molecule has 0 amide bonds. The number of hydrogen-bond acceptors (Lipinski definition) is 3. The number of aryl methyl sites for hydroxylation is 2. The van der Waals surface area contributed by atoms with Gasteiger partial charge in [-0.1, -0.05) is 0 Å². The molecule has 1 heterocycles. The summed E-state index contributed by atoms with van der Waals surface area (Å²) in [5.74, 6) is 0.190. The second-order valence-electron chi connectivity index (χ2n) is 3.78. The Morgan fingerprint density at radius 3 is 2.93 bits per heavy atom. The molecule has 2 rings (SSSR count). The Hall–Kier alpha value is -1.38. The lowest BCUT2D eigenvalue weighted by Crippen LogP contribution is -2.27. The second-order valence-corrected chi connectivity index (χ2v) is 3.78. The molecule has 1 unspecified atom stereocenters. The molecule has 0 saturated heterocycles. The highest BCUT2D eigenvalue weighted by Gasteiger charge is 2.33. The average Bonchev–Trinajstić information content (AvgIpc) is 2.48. The molecule has 0 bridgehead atoms. The summed E-state index contributed by atoms with van der Waals surface area (Å²) in [7, 11) is 0. The van der Waals surface area contributed by atoms with Crippen LogP contribution in [0.2, 0.25) is 0 Å². The third-order valence-corrected chi connectivity index (χ3v) is 2.76. The molecule has 1 aliphatic rings. The van der Waals surface area contributed by atoms with Crippen LogP contribution < -0.4 is 0 Å². The molecule has 1 aliphatic carbocycles. The van der Waals surface area contributed by atoms with Crippen molar-refractivity contribution in [1.82, 2.24) is 0 Å². The first-order valence-electron chi connectivity index (χ1n) is 4.73. The van der Waals surface area contributed by atoms with Crippen molar-refractivity contribution in [1.29, 1.82) is 0 Å². The molecule has 1 aromatic heterocycles. The third-order valence-electron chi connectivity index (χ3n) is 2.76. The lowest BCUT2D eigenvalue weighted by atomic mass is 9.83. The van der Waals surface area contributed by atoms with E-state index in [1.54, 1.807) is 6.26 Å². The van der Waals surface area contributed by atoms with E-state index in [1.807, 2.05) is 6.92 Å². The maximum absolute atomic E-state index is 11.9. The minimum atomic E-state index is -0.446. The normalized spacial score (nSPS) is 20.7. The van der Waals surface area contributed by atoms with Crippen LogP contribution in [0.3, 0.4) is 0 Å². The zero-order chi connectivity index (χ0) is 10.3. The number of carbonyl (C=O) groups is 2. The van der Waals surface area contributed by atoms with Crippen LogP contribution in [0.15, 0.2) is 10.7 Å². The number of fused-ring (bicyclic) bond motifs is 1. The third kappa shape index (κ3) is 1.20. The maximum Gasteiger partial charge on any atom is 0.177 e. The number of ketones is 2. The molecule has 0 radical (unpaired) electrons. The van der Waals surface area contributed by atoms with Gasteiger partial charge in [-0.25, -0.2) is 0 Å². The van der Waals surface area contributed by atoms with Crippen molar-refractivity contribution in [3.63, 3.8) is 0 Å². The highest BCUT2D eigenvalue weighted by Crippen LogP contribution is 2.29. The van der Waals surface area contributed by atoms with Crippen LogP contribution in [0.5, 0.6) is 0 Å². The predicted octanol–water partition coefficient (Wildman–Crippen LogP) is 1.92. The van der Waals surface area contributed by atoms with Gasteiger partial charge < -0.3 is 4.42 Å². The quantitative estimate of drug-likeness (QED) is 0.638. The Morgan fingerprint density at radius 2 is 2.29 bits per heavy atom. The second kappa shape index (κ2) is 3.08. The van der Waals surface area contributed by atoms with E-state index in [1.165, 1.54) is 6.92 Å². The fourth-order valence-electron chi connectivity index (χ4n) is 1.98. The molecule has 3 nitrogen and oxygen atoms in total. The van der Waals surface area contributed by atoms with Crippen molar-refractivity contribution in [3.8, 4) is 0 Å². The van der Waals surface area contributed by atoms with E-state index in [0.717, 1.165) is 11.3 Å². The Balaban J connectivity index is 2.44. The number of hydrogen-bond donors (Lipinski definition) is 0. The lowest BCUT2D eigenvalue weighted by Gasteiger charge is -2.17. The largest absolute Gasteiger partial charge is 0.468 e. The summed E-state index contributed by atoms with van der Waals surface area (Å²) in [5.41, 5.74) is 1.48. The molecule has 0 fully saturated rings. The van der Waals surface area contributed by atoms with Crippen LogP contribution in [0.4, 0.5) is 0 Å². The summed E-state index contributed by atoms with van der Waals surface area (Å²) >= 11 is 0. The molecule has 0 saturated carbocycles. The molecule has 0 aromatic carbocycles. The number of Topliss-reactive ketones (excluding diaryl/α,β-unsaturated/α-hetero) is 2. The van der Waals surface area contributed by atoms with Gasteiger partial charge in [-0.05, 0) is 25.8 Å². The molecule has 0 spiro atoms. The van der Waals surface area contributed by atoms with E-state index in [9.17, 15) is 9.59 Å². The van der Waals surface area contributed by atoms with E-state index < -0.39 is 5.92 Å². The van der Waals surface area contributed by atoms with E-state index >= 15 is 0 Å². The summed E-state index contributed by atoms with van der Waals surface area (Å²) < 4.78 is 5.25. The first-order chi connectivity index (χ1) is 6.61. The van der Waals surface area contributed by atoms with E-state index in [-0.39, 0.29) is 11.6 Å². The van der Waals surface area contributed by atoms with E-state index in [0.29, 0.717) is 18.4 Å². The average molecular weight is 192 g/mol. The Morgan fingerprint density at radius 1 is 1.57 bits per heavy atom. The van der Waals surface area contributed by atoms with Crippen LogP contribution in [-0.2, 0) is 11.2 Å². The van der Waals surface area contributed by atoms with Crippen LogP contribution in [0.1, 0.15) is 35.0 Å².